The molecule has 1 aromatic rings. The topological polar surface area (TPSA) is 74.6 Å². The molecule has 2 aliphatic rings. The number of carbonyl (C=O) groups excluding carboxylic acids is 1. The maximum absolute atomic E-state index is 12.4. The SMILES string of the molecule is CN=C(NCCC(=O)N1CCCCCC1)NC1CCc2cn(C(C)C)nc2C1. The minimum atomic E-state index is 0.256. The van der Waals surface area contributed by atoms with Crippen molar-refractivity contribution in [1.29, 1.82) is 0 Å². The lowest BCUT2D eigenvalue weighted by molar-refractivity contribution is -0.131. The quantitative estimate of drug-likeness (QED) is 0.599. The van der Waals surface area contributed by atoms with Crippen LogP contribution in [0.3, 0.4) is 0 Å². The van der Waals surface area contributed by atoms with E-state index in [1.54, 1.807) is 7.05 Å². The van der Waals surface area contributed by atoms with Crippen molar-refractivity contribution in [2.24, 2.45) is 4.99 Å². The fourth-order valence-electron chi connectivity index (χ4n) is 4.05. The second kappa shape index (κ2) is 9.94. The van der Waals surface area contributed by atoms with Crippen LogP contribution in [0, 0.1) is 0 Å². The average Bonchev–Trinajstić information content (AvgIpc) is 2.92. The van der Waals surface area contributed by atoms with E-state index in [1.807, 2.05) is 4.90 Å². The van der Waals surface area contributed by atoms with E-state index < -0.39 is 0 Å². The standard InChI is InChI=1S/C21H36N6O/c1-16(2)27-15-17-8-9-18(14-19(17)25-27)24-21(22-3)23-11-10-20(28)26-12-6-4-5-7-13-26/h15-16,18H,4-14H2,1-3H3,(H2,22,23,24). The van der Waals surface area contributed by atoms with Crippen LogP contribution in [0.15, 0.2) is 11.2 Å². The Hall–Kier alpha value is -2.05. The lowest BCUT2D eigenvalue weighted by atomic mass is 9.94. The molecular formula is C21H36N6O. The Morgan fingerprint density at radius 1 is 1.29 bits per heavy atom. The van der Waals surface area contributed by atoms with Gasteiger partial charge in [-0.25, -0.2) is 0 Å². The zero-order valence-corrected chi connectivity index (χ0v) is 17.7. The van der Waals surface area contributed by atoms with Crippen LogP contribution in [0.25, 0.3) is 0 Å². The molecule has 1 aromatic heterocycles. The molecule has 0 spiro atoms. The minimum absolute atomic E-state index is 0.256. The number of nitrogens with zero attached hydrogens (tertiary/aromatic N) is 4. The molecule has 1 fully saturated rings. The molecule has 1 aliphatic heterocycles. The Morgan fingerprint density at radius 2 is 2.04 bits per heavy atom. The molecule has 2 N–H and O–H groups in total. The van der Waals surface area contributed by atoms with Crippen LogP contribution in [-0.4, -0.2) is 59.3 Å². The highest BCUT2D eigenvalue weighted by Crippen LogP contribution is 2.21. The van der Waals surface area contributed by atoms with Crippen LogP contribution >= 0.6 is 0 Å². The van der Waals surface area contributed by atoms with Crippen LogP contribution in [0.4, 0.5) is 0 Å². The van der Waals surface area contributed by atoms with Gasteiger partial charge in [-0.15, -0.1) is 0 Å². The van der Waals surface area contributed by atoms with E-state index in [2.05, 4.69) is 40.4 Å². The first kappa shape index (κ1) is 20.7. The van der Waals surface area contributed by atoms with Gasteiger partial charge in [0.1, 0.15) is 0 Å². The molecule has 0 radical (unpaired) electrons. The van der Waals surface area contributed by atoms with Crippen molar-refractivity contribution in [1.82, 2.24) is 25.3 Å². The third-order valence-corrected chi connectivity index (χ3v) is 5.78. The molecule has 1 atom stereocenters. The summed E-state index contributed by atoms with van der Waals surface area (Å²) in [6.07, 6.45) is 10.5. The molecule has 7 nitrogen and oxygen atoms in total. The molecule has 0 saturated carbocycles. The highest BCUT2D eigenvalue weighted by molar-refractivity contribution is 5.81. The van der Waals surface area contributed by atoms with Crippen molar-refractivity contribution >= 4 is 11.9 Å². The first-order chi connectivity index (χ1) is 13.6. The summed E-state index contributed by atoms with van der Waals surface area (Å²) >= 11 is 0. The smallest absolute Gasteiger partial charge is 0.224 e. The second-order valence-corrected chi connectivity index (χ2v) is 8.30. The Kier molecular flexibility index (Phi) is 7.34. The van der Waals surface area contributed by atoms with Gasteiger partial charge in [0.05, 0.1) is 5.69 Å². The third-order valence-electron chi connectivity index (χ3n) is 5.78. The van der Waals surface area contributed by atoms with Crippen LogP contribution in [-0.2, 0) is 17.6 Å². The van der Waals surface area contributed by atoms with Crippen LogP contribution in [0.2, 0.25) is 0 Å². The van der Waals surface area contributed by atoms with Crippen molar-refractivity contribution in [2.45, 2.75) is 77.3 Å². The van der Waals surface area contributed by atoms with E-state index in [0.29, 0.717) is 25.0 Å². The molecule has 156 valence electrons. The highest BCUT2D eigenvalue weighted by atomic mass is 16.2. The van der Waals surface area contributed by atoms with Gasteiger partial charge < -0.3 is 15.5 Å². The number of aromatic nitrogens is 2. The zero-order valence-electron chi connectivity index (χ0n) is 17.7. The lowest BCUT2D eigenvalue weighted by Crippen LogP contribution is -2.46. The Morgan fingerprint density at radius 3 is 2.71 bits per heavy atom. The molecular weight excluding hydrogens is 352 g/mol. The molecule has 1 aliphatic carbocycles. The summed E-state index contributed by atoms with van der Waals surface area (Å²) in [5.41, 5.74) is 2.57. The van der Waals surface area contributed by atoms with Gasteiger partial charge in [0.25, 0.3) is 0 Å². The Bertz CT molecular complexity index is 672. The largest absolute Gasteiger partial charge is 0.356 e. The summed E-state index contributed by atoms with van der Waals surface area (Å²) in [4.78, 5) is 18.8. The number of guanidine groups is 1. The molecule has 28 heavy (non-hydrogen) atoms. The summed E-state index contributed by atoms with van der Waals surface area (Å²) in [5.74, 6) is 1.03. The van der Waals surface area contributed by atoms with Crippen LogP contribution < -0.4 is 10.6 Å². The number of likely N-dealkylation sites (tertiary alicyclic amines) is 1. The van der Waals surface area contributed by atoms with Crippen LogP contribution in [0.1, 0.15) is 69.7 Å². The Balaban J connectivity index is 1.43. The second-order valence-electron chi connectivity index (χ2n) is 8.30. The minimum Gasteiger partial charge on any atom is -0.356 e. The van der Waals surface area contributed by atoms with Gasteiger partial charge in [-0.3, -0.25) is 14.5 Å². The molecule has 7 heteroatoms. The van der Waals surface area contributed by atoms with Gasteiger partial charge in [-0.1, -0.05) is 12.8 Å². The number of aliphatic imine (C=N–C) groups is 1. The molecule has 1 amide bonds. The fraction of sp³-hybridized carbons (Fsp3) is 0.762. The number of hydrogen-bond donors (Lipinski definition) is 2. The summed E-state index contributed by atoms with van der Waals surface area (Å²) in [6.45, 7) is 6.77. The van der Waals surface area contributed by atoms with E-state index in [0.717, 1.165) is 51.2 Å². The maximum atomic E-state index is 12.4. The van der Waals surface area contributed by atoms with Crippen molar-refractivity contribution < 1.29 is 4.79 Å². The average molecular weight is 389 g/mol. The normalized spacial score (nSPS) is 20.6. The van der Waals surface area contributed by atoms with E-state index in [4.69, 9.17) is 5.10 Å². The molecule has 3 rings (SSSR count). The number of hydrogen-bond acceptors (Lipinski definition) is 3. The van der Waals surface area contributed by atoms with Gasteiger partial charge in [0.15, 0.2) is 5.96 Å². The first-order valence-electron chi connectivity index (χ1n) is 10.9. The van der Waals surface area contributed by atoms with Crippen molar-refractivity contribution in [3.05, 3.63) is 17.5 Å². The summed E-state index contributed by atoms with van der Waals surface area (Å²) in [5, 5.41) is 11.6. The predicted molar refractivity (Wildman–Crippen MR) is 113 cm³/mol. The first-order valence-corrected chi connectivity index (χ1v) is 10.9. The molecule has 2 heterocycles. The summed E-state index contributed by atoms with van der Waals surface area (Å²) in [7, 11) is 1.79. The molecule has 0 bridgehead atoms. The van der Waals surface area contributed by atoms with Crippen LogP contribution in [0.5, 0.6) is 0 Å². The summed E-state index contributed by atoms with van der Waals surface area (Å²) < 4.78 is 2.06. The monoisotopic (exact) mass is 388 g/mol. The van der Waals surface area contributed by atoms with E-state index >= 15 is 0 Å². The van der Waals surface area contributed by atoms with E-state index in [1.165, 1.54) is 24.1 Å². The maximum Gasteiger partial charge on any atom is 0.224 e. The van der Waals surface area contributed by atoms with E-state index in [9.17, 15) is 4.79 Å². The molecule has 1 unspecified atom stereocenters. The predicted octanol–water partition coefficient (Wildman–Crippen LogP) is 2.28. The van der Waals surface area contributed by atoms with Gasteiger partial charge in [0, 0.05) is 57.8 Å². The van der Waals surface area contributed by atoms with Gasteiger partial charge in [-0.2, -0.15) is 5.10 Å². The summed E-state index contributed by atoms with van der Waals surface area (Å²) in [6, 6.07) is 0.726. The van der Waals surface area contributed by atoms with Crippen molar-refractivity contribution in [3.63, 3.8) is 0 Å². The third kappa shape index (κ3) is 5.49. The molecule has 0 aromatic carbocycles. The number of rotatable bonds is 5. The van der Waals surface area contributed by atoms with Crippen molar-refractivity contribution in [2.75, 3.05) is 26.7 Å². The highest BCUT2D eigenvalue weighted by Gasteiger charge is 2.23. The Labute approximate surface area is 169 Å². The zero-order chi connectivity index (χ0) is 19.9. The number of amides is 1. The fourth-order valence-corrected chi connectivity index (χ4v) is 4.05. The molecule has 1 saturated heterocycles. The number of carbonyl (C=O) groups is 1. The van der Waals surface area contributed by atoms with E-state index in [-0.39, 0.29) is 5.91 Å². The number of aryl methyl sites for hydroxylation is 1. The van der Waals surface area contributed by atoms with Gasteiger partial charge in [-0.05, 0) is 45.1 Å². The van der Waals surface area contributed by atoms with Crippen molar-refractivity contribution in [3.8, 4) is 0 Å². The van der Waals surface area contributed by atoms with Gasteiger partial charge >= 0.3 is 0 Å². The lowest BCUT2D eigenvalue weighted by Gasteiger charge is -2.25. The number of fused-ring (bicyclic) bond motifs is 1. The van der Waals surface area contributed by atoms with Gasteiger partial charge in [0.2, 0.25) is 5.91 Å². The number of nitrogens with one attached hydrogen (secondary N) is 2.